The van der Waals surface area contributed by atoms with Gasteiger partial charge in [0.1, 0.15) is 13.2 Å². The van der Waals surface area contributed by atoms with Crippen LogP contribution in [0.15, 0.2) is 36.5 Å². The number of amides is 1. The molecule has 0 saturated carbocycles. The summed E-state index contributed by atoms with van der Waals surface area (Å²) >= 11 is 0. The largest absolute Gasteiger partial charge is 0.756 e. The molecule has 3 unspecified atom stereocenters. The number of nitrogens with one attached hydrogen (secondary N) is 1. The van der Waals surface area contributed by atoms with Crippen molar-refractivity contribution >= 4 is 13.7 Å². The Morgan fingerprint density at radius 2 is 1.00 bits per heavy atom. The van der Waals surface area contributed by atoms with E-state index < -0.39 is 26.6 Å². The molecule has 0 aromatic rings. The number of phosphoric acid groups is 1. The maximum atomic E-state index is 12.9. The Labute approximate surface area is 347 Å². The molecule has 330 valence electrons. The second-order valence-corrected chi connectivity index (χ2v) is 18.5. The van der Waals surface area contributed by atoms with Crippen molar-refractivity contribution in [2.75, 3.05) is 40.9 Å². The minimum Gasteiger partial charge on any atom is -0.756 e. The van der Waals surface area contributed by atoms with Gasteiger partial charge in [0.25, 0.3) is 7.82 Å². The second-order valence-electron chi connectivity index (χ2n) is 17.1. The lowest BCUT2D eigenvalue weighted by molar-refractivity contribution is -0.870. The van der Waals surface area contributed by atoms with E-state index in [9.17, 15) is 19.4 Å². The van der Waals surface area contributed by atoms with Gasteiger partial charge in [-0.3, -0.25) is 9.36 Å². The van der Waals surface area contributed by atoms with Crippen LogP contribution in [0, 0.1) is 0 Å². The minimum atomic E-state index is -4.60. The van der Waals surface area contributed by atoms with Gasteiger partial charge in [-0.15, -0.1) is 0 Å². The van der Waals surface area contributed by atoms with Gasteiger partial charge in [0.2, 0.25) is 5.91 Å². The summed E-state index contributed by atoms with van der Waals surface area (Å²) in [6.07, 6.45) is 47.6. The molecule has 9 heteroatoms. The van der Waals surface area contributed by atoms with Crippen LogP contribution >= 0.6 is 7.82 Å². The van der Waals surface area contributed by atoms with Gasteiger partial charge in [-0.1, -0.05) is 179 Å². The van der Waals surface area contributed by atoms with Crippen LogP contribution in [0.5, 0.6) is 0 Å². The van der Waals surface area contributed by atoms with Crippen molar-refractivity contribution in [3.05, 3.63) is 36.5 Å². The van der Waals surface area contributed by atoms with Gasteiger partial charge in [0, 0.05) is 6.42 Å². The average Bonchev–Trinajstić information content (AvgIpc) is 3.15. The van der Waals surface area contributed by atoms with Crippen molar-refractivity contribution in [1.29, 1.82) is 0 Å². The zero-order valence-corrected chi connectivity index (χ0v) is 38.2. The number of likely N-dealkylation sites (N-methyl/N-ethyl adjacent to an activating group) is 1. The number of allylic oxidation sites excluding steroid dienone is 5. The fourth-order valence-electron chi connectivity index (χ4n) is 6.57. The number of nitrogens with zero attached hydrogens (tertiary/aromatic N) is 1. The van der Waals surface area contributed by atoms with Gasteiger partial charge in [-0.25, -0.2) is 0 Å². The Balaban J connectivity index is 4.42. The first-order valence-electron chi connectivity index (χ1n) is 23.4. The molecule has 0 aliphatic heterocycles. The molecule has 8 nitrogen and oxygen atoms in total. The van der Waals surface area contributed by atoms with E-state index in [1.165, 1.54) is 148 Å². The van der Waals surface area contributed by atoms with Crippen LogP contribution in [0.2, 0.25) is 0 Å². The summed E-state index contributed by atoms with van der Waals surface area (Å²) in [7, 11) is 1.24. The minimum absolute atomic E-state index is 0.00709. The number of aliphatic hydroxyl groups is 1. The molecule has 0 fully saturated rings. The summed E-state index contributed by atoms with van der Waals surface area (Å²) in [5.74, 6) is -0.212. The highest BCUT2D eigenvalue weighted by molar-refractivity contribution is 7.45. The van der Waals surface area contributed by atoms with Crippen LogP contribution in [-0.4, -0.2) is 68.5 Å². The zero-order valence-electron chi connectivity index (χ0n) is 37.3. The van der Waals surface area contributed by atoms with Gasteiger partial charge in [-0.2, -0.15) is 0 Å². The molecule has 0 saturated heterocycles. The van der Waals surface area contributed by atoms with Gasteiger partial charge < -0.3 is 28.8 Å². The SMILES string of the molecule is CCCCCCCCCC/C=C\CCCCCCCCCC(=O)NC(COP(=O)([O-])OCC[N+](C)(C)C)C(O)/C=C/CC/C=C/CCCCCCCCCCC. The predicted molar refractivity (Wildman–Crippen MR) is 238 cm³/mol. The number of aliphatic hydroxyl groups excluding tert-OH is 1. The van der Waals surface area contributed by atoms with Crippen molar-refractivity contribution in [2.24, 2.45) is 0 Å². The highest BCUT2D eigenvalue weighted by atomic mass is 31.2. The Kier molecular flexibility index (Phi) is 38.3. The van der Waals surface area contributed by atoms with Crippen LogP contribution in [0.1, 0.15) is 206 Å². The molecular formula is C47H91N2O6P. The molecule has 0 spiro atoms. The summed E-state index contributed by atoms with van der Waals surface area (Å²) in [6, 6.07) is -0.903. The lowest BCUT2D eigenvalue weighted by Gasteiger charge is -2.29. The number of quaternary nitrogens is 1. The molecule has 0 aromatic carbocycles. The van der Waals surface area contributed by atoms with Crippen LogP contribution in [0.25, 0.3) is 0 Å². The van der Waals surface area contributed by atoms with Crippen LogP contribution in [0.4, 0.5) is 0 Å². The normalized spacial score (nSPS) is 14.6. The smallest absolute Gasteiger partial charge is 0.268 e. The van der Waals surface area contributed by atoms with E-state index in [-0.39, 0.29) is 12.5 Å². The average molecular weight is 811 g/mol. The molecule has 0 aliphatic rings. The standard InChI is InChI=1S/C47H91N2O6P/c1-6-8-10-12-14-16-18-20-22-23-24-25-27-29-31-33-35-37-39-41-47(51)48-45(44-55-56(52,53)54-43-42-49(3,4)5)46(50)40-38-36-34-32-30-28-26-21-19-17-15-13-11-9-7-2/h23-24,30,32,38,40,45-46,50H,6-22,25-29,31,33-37,39,41-44H2,1-5H3,(H-,48,51,52,53)/b24-23-,32-30+,40-38+. The molecule has 3 atom stereocenters. The molecule has 0 radical (unpaired) electrons. The lowest BCUT2D eigenvalue weighted by Crippen LogP contribution is -2.45. The van der Waals surface area contributed by atoms with Gasteiger partial charge in [0.15, 0.2) is 0 Å². The second kappa shape index (κ2) is 39.2. The summed E-state index contributed by atoms with van der Waals surface area (Å²) in [4.78, 5) is 25.3. The number of phosphoric ester groups is 1. The Bertz CT molecular complexity index is 1010. The van der Waals surface area contributed by atoms with E-state index in [1.54, 1.807) is 6.08 Å². The molecule has 0 rings (SSSR count). The van der Waals surface area contributed by atoms with E-state index in [4.69, 9.17) is 9.05 Å². The van der Waals surface area contributed by atoms with Crippen molar-refractivity contribution in [3.63, 3.8) is 0 Å². The van der Waals surface area contributed by atoms with Crippen LogP contribution < -0.4 is 10.2 Å². The quantitative estimate of drug-likeness (QED) is 0.0275. The van der Waals surface area contributed by atoms with Crippen LogP contribution in [-0.2, 0) is 18.4 Å². The van der Waals surface area contributed by atoms with Gasteiger partial charge in [-0.05, 0) is 57.8 Å². The predicted octanol–water partition coefficient (Wildman–Crippen LogP) is 12.5. The maximum Gasteiger partial charge on any atom is 0.268 e. The van der Waals surface area contributed by atoms with E-state index in [2.05, 4.69) is 43.5 Å². The fourth-order valence-corrected chi connectivity index (χ4v) is 7.30. The molecule has 0 aliphatic carbocycles. The molecule has 1 amide bonds. The molecule has 56 heavy (non-hydrogen) atoms. The first-order chi connectivity index (χ1) is 27.0. The Morgan fingerprint density at radius 3 is 1.45 bits per heavy atom. The van der Waals surface area contributed by atoms with E-state index >= 15 is 0 Å². The molecule has 0 heterocycles. The molecular weight excluding hydrogens is 719 g/mol. The van der Waals surface area contributed by atoms with Crippen LogP contribution in [0.3, 0.4) is 0 Å². The topological polar surface area (TPSA) is 108 Å². The summed E-state index contributed by atoms with van der Waals surface area (Å²) in [5, 5.41) is 13.8. The summed E-state index contributed by atoms with van der Waals surface area (Å²) in [6.45, 7) is 4.62. The van der Waals surface area contributed by atoms with E-state index in [0.29, 0.717) is 17.4 Å². The number of hydrogen-bond donors (Lipinski definition) is 2. The third-order valence-electron chi connectivity index (χ3n) is 10.3. The first kappa shape index (κ1) is 54.7. The van der Waals surface area contributed by atoms with Crippen molar-refractivity contribution < 1.29 is 32.9 Å². The zero-order chi connectivity index (χ0) is 41.4. The molecule has 2 N–H and O–H groups in total. The third kappa shape index (κ3) is 40.9. The number of unbranched alkanes of at least 4 members (excludes halogenated alkanes) is 25. The highest BCUT2D eigenvalue weighted by Gasteiger charge is 2.23. The number of hydrogen-bond acceptors (Lipinski definition) is 6. The lowest BCUT2D eigenvalue weighted by atomic mass is 10.1. The Morgan fingerprint density at radius 1 is 0.607 bits per heavy atom. The maximum absolute atomic E-state index is 12.9. The number of carbonyl (C=O) groups excluding carboxylic acids is 1. The van der Waals surface area contributed by atoms with Crippen molar-refractivity contribution in [3.8, 4) is 0 Å². The van der Waals surface area contributed by atoms with Crippen molar-refractivity contribution in [1.82, 2.24) is 5.32 Å². The summed E-state index contributed by atoms with van der Waals surface area (Å²) < 4.78 is 23.2. The molecule has 0 bridgehead atoms. The molecule has 0 aromatic heterocycles. The van der Waals surface area contributed by atoms with E-state index in [1.807, 2.05) is 27.2 Å². The number of carbonyl (C=O) groups is 1. The monoisotopic (exact) mass is 811 g/mol. The van der Waals surface area contributed by atoms with Gasteiger partial charge >= 0.3 is 0 Å². The van der Waals surface area contributed by atoms with Crippen molar-refractivity contribution in [2.45, 2.75) is 219 Å². The fraction of sp³-hybridized carbons (Fsp3) is 0.851. The Hall–Kier alpha value is -1.28. The van der Waals surface area contributed by atoms with E-state index in [0.717, 1.165) is 38.5 Å². The van der Waals surface area contributed by atoms with Gasteiger partial charge in [0.05, 0.1) is 39.9 Å². The number of rotatable bonds is 42. The summed E-state index contributed by atoms with van der Waals surface area (Å²) in [5.41, 5.74) is 0. The third-order valence-corrected chi connectivity index (χ3v) is 11.3. The highest BCUT2D eigenvalue weighted by Crippen LogP contribution is 2.38. The first-order valence-corrected chi connectivity index (χ1v) is 24.8.